The van der Waals surface area contributed by atoms with Gasteiger partial charge in [-0.15, -0.1) is 10.2 Å². The molecule has 0 bridgehead atoms. The highest BCUT2D eigenvalue weighted by atomic mass is 19.1. The molecule has 0 fully saturated rings. The largest absolute Gasteiger partial charge is 0.497 e. The number of rotatable bonds is 6. The van der Waals surface area contributed by atoms with E-state index in [1.807, 2.05) is 0 Å². The van der Waals surface area contributed by atoms with Gasteiger partial charge in [-0.25, -0.2) is 9.18 Å². The molecule has 0 aliphatic heterocycles. The van der Waals surface area contributed by atoms with Crippen molar-refractivity contribution in [3.8, 4) is 17.2 Å². The quantitative estimate of drug-likeness (QED) is 0.857. The van der Waals surface area contributed by atoms with Crippen LogP contribution in [0, 0.1) is 5.82 Å². The summed E-state index contributed by atoms with van der Waals surface area (Å²) in [5.74, 6) is -1.25. The summed E-state index contributed by atoms with van der Waals surface area (Å²) < 4.78 is 28.6. The summed E-state index contributed by atoms with van der Waals surface area (Å²) in [4.78, 5) is 10.3. The van der Waals surface area contributed by atoms with Gasteiger partial charge in [0.15, 0.2) is 0 Å². The summed E-state index contributed by atoms with van der Waals surface area (Å²) in [6.45, 7) is -0.633. The number of carboxylic acids is 1. The molecule has 0 aliphatic carbocycles. The lowest BCUT2D eigenvalue weighted by molar-refractivity contribution is -0.142. The Balaban J connectivity index is 2.10. The van der Waals surface area contributed by atoms with Gasteiger partial charge in [-0.3, -0.25) is 0 Å². The van der Waals surface area contributed by atoms with Crippen molar-refractivity contribution in [1.29, 1.82) is 0 Å². The Morgan fingerprint density at radius 2 is 2.25 bits per heavy atom. The predicted molar refractivity (Wildman–Crippen MR) is 63.5 cm³/mol. The average Bonchev–Trinajstić information content (AvgIpc) is 2.86. The van der Waals surface area contributed by atoms with Crippen LogP contribution in [-0.4, -0.2) is 35.0 Å². The van der Waals surface area contributed by atoms with Crippen molar-refractivity contribution in [2.75, 3.05) is 13.7 Å². The van der Waals surface area contributed by atoms with Crippen LogP contribution in [0.4, 0.5) is 4.39 Å². The fourth-order valence-corrected chi connectivity index (χ4v) is 1.44. The van der Waals surface area contributed by atoms with Crippen LogP contribution in [-0.2, 0) is 16.1 Å². The monoisotopic (exact) mass is 282 g/mol. The number of carboxylic acid groups (broad SMARTS) is 1. The van der Waals surface area contributed by atoms with Crippen LogP contribution in [0.2, 0.25) is 0 Å². The lowest BCUT2D eigenvalue weighted by Gasteiger charge is -2.01. The molecule has 0 amide bonds. The molecule has 2 rings (SSSR count). The zero-order valence-corrected chi connectivity index (χ0v) is 10.5. The first-order valence-corrected chi connectivity index (χ1v) is 5.56. The molecule has 0 aliphatic rings. The topological polar surface area (TPSA) is 94.7 Å². The van der Waals surface area contributed by atoms with Gasteiger partial charge in [-0.05, 0) is 12.1 Å². The average molecular weight is 282 g/mol. The van der Waals surface area contributed by atoms with E-state index in [-0.39, 0.29) is 24.0 Å². The van der Waals surface area contributed by atoms with E-state index in [0.717, 1.165) is 0 Å². The third-order valence-electron chi connectivity index (χ3n) is 2.32. The van der Waals surface area contributed by atoms with E-state index in [1.165, 1.54) is 19.2 Å². The standard InChI is InChI=1S/C12H11FN2O5/c1-18-7-2-3-8(9(13)4-7)12-15-14-10(20-12)5-19-6-11(16)17/h2-4H,5-6H2,1H3,(H,16,17). The highest BCUT2D eigenvalue weighted by Gasteiger charge is 2.14. The van der Waals surface area contributed by atoms with Gasteiger partial charge in [-0.1, -0.05) is 0 Å². The van der Waals surface area contributed by atoms with E-state index in [2.05, 4.69) is 10.2 Å². The van der Waals surface area contributed by atoms with Gasteiger partial charge in [0.1, 0.15) is 24.8 Å². The minimum absolute atomic E-state index is 0.0147. The third kappa shape index (κ3) is 3.29. The lowest BCUT2D eigenvalue weighted by atomic mass is 10.2. The minimum atomic E-state index is -1.11. The Bertz CT molecular complexity index is 614. The molecule has 1 aromatic heterocycles. The number of nitrogens with zero attached hydrogens (tertiary/aromatic N) is 2. The van der Waals surface area contributed by atoms with Crippen LogP contribution in [0.3, 0.4) is 0 Å². The first-order valence-electron chi connectivity index (χ1n) is 5.56. The van der Waals surface area contributed by atoms with E-state index < -0.39 is 18.4 Å². The van der Waals surface area contributed by atoms with Crippen LogP contribution in [0.25, 0.3) is 11.5 Å². The summed E-state index contributed by atoms with van der Waals surface area (Å²) in [6, 6.07) is 4.20. The number of ether oxygens (including phenoxy) is 2. The van der Waals surface area contributed by atoms with Crippen molar-refractivity contribution >= 4 is 5.97 Å². The number of benzene rings is 1. The molecule has 0 saturated heterocycles. The summed E-state index contributed by atoms with van der Waals surface area (Å²) in [5, 5.41) is 15.7. The molecule has 0 radical (unpaired) electrons. The van der Waals surface area contributed by atoms with E-state index >= 15 is 0 Å². The number of halogens is 1. The molecular formula is C12H11FN2O5. The van der Waals surface area contributed by atoms with Crippen LogP contribution in [0.1, 0.15) is 5.89 Å². The molecule has 7 nitrogen and oxygen atoms in total. The second-order valence-corrected chi connectivity index (χ2v) is 3.73. The second kappa shape index (κ2) is 6.11. The number of hydrogen-bond donors (Lipinski definition) is 1. The maximum Gasteiger partial charge on any atom is 0.329 e. The maximum atomic E-state index is 13.8. The molecule has 1 aromatic carbocycles. The lowest BCUT2D eigenvalue weighted by Crippen LogP contribution is -2.06. The zero-order chi connectivity index (χ0) is 14.5. The summed E-state index contributed by atoms with van der Waals surface area (Å²) in [6.07, 6.45) is 0. The molecule has 0 spiro atoms. The Labute approximate surface area is 112 Å². The van der Waals surface area contributed by atoms with Crippen molar-refractivity contribution in [1.82, 2.24) is 10.2 Å². The number of methoxy groups -OCH3 is 1. The highest BCUT2D eigenvalue weighted by molar-refractivity contribution is 5.67. The fourth-order valence-electron chi connectivity index (χ4n) is 1.44. The smallest absolute Gasteiger partial charge is 0.329 e. The van der Waals surface area contributed by atoms with Crippen molar-refractivity contribution in [3.05, 3.63) is 29.9 Å². The summed E-state index contributed by atoms with van der Waals surface area (Å²) in [5.41, 5.74) is 0.128. The van der Waals surface area contributed by atoms with Gasteiger partial charge in [0.05, 0.1) is 12.7 Å². The van der Waals surface area contributed by atoms with E-state index in [9.17, 15) is 9.18 Å². The number of hydrogen-bond acceptors (Lipinski definition) is 6. The number of aromatic nitrogens is 2. The molecular weight excluding hydrogens is 271 g/mol. The molecule has 8 heteroatoms. The van der Waals surface area contributed by atoms with Gasteiger partial charge in [0.2, 0.25) is 5.89 Å². The summed E-state index contributed by atoms with van der Waals surface area (Å²) in [7, 11) is 1.43. The normalized spacial score (nSPS) is 10.5. The molecule has 0 atom stereocenters. The van der Waals surface area contributed by atoms with Gasteiger partial charge in [0.25, 0.3) is 5.89 Å². The van der Waals surface area contributed by atoms with Gasteiger partial charge >= 0.3 is 5.97 Å². The van der Waals surface area contributed by atoms with E-state index in [4.69, 9.17) is 19.0 Å². The Morgan fingerprint density at radius 1 is 1.45 bits per heavy atom. The molecule has 2 aromatic rings. The van der Waals surface area contributed by atoms with Crippen LogP contribution in [0.5, 0.6) is 5.75 Å². The van der Waals surface area contributed by atoms with Gasteiger partial charge in [0, 0.05) is 6.07 Å². The van der Waals surface area contributed by atoms with E-state index in [0.29, 0.717) is 5.75 Å². The third-order valence-corrected chi connectivity index (χ3v) is 2.32. The van der Waals surface area contributed by atoms with Crippen LogP contribution >= 0.6 is 0 Å². The Kier molecular flexibility index (Phi) is 4.26. The SMILES string of the molecule is COc1ccc(-c2nnc(COCC(=O)O)o2)c(F)c1. The van der Waals surface area contributed by atoms with E-state index in [1.54, 1.807) is 6.07 Å². The predicted octanol–water partition coefficient (Wildman–Crippen LogP) is 1.49. The zero-order valence-electron chi connectivity index (χ0n) is 10.5. The molecule has 0 unspecified atom stereocenters. The first-order chi connectivity index (χ1) is 9.60. The van der Waals surface area contributed by atoms with Crippen LogP contribution in [0.15, 0.2) is 22.6 Å². The minimum Gasteiger partial charge on any atom is -0.497 e. The molecule has 0 saturated carbocycles. The number of carbonyl (C=O) groups is 1. The van der Waals surface area contributed by atoms with Crippen molar-refractivity contribution in [3.63, 3.8) is 0 Å². The first kappa shape index (κ1) is 13.9. The van der Waals surface area contributed by atoms with Gasteiger partial charge < -0.3 is 19.0 Å². The molecule has 20 heavy (non-hydrogen) atoms. The molecule has 1 heterocycles. The maximum absolute atomic E-state index is 13.8. The van der Waals surface area contributed by atoms with Gasteiger partial charge in [-0.2, -0.15) is 0 Å². The van der Waals surface area contributed by atoms with Crippen molar-refractivity contribution in [2.24, 2.45) is 0 Å². The van der Waals surface area contributed by atoms with Crippen LogP contribution < -0.4 is 4.74 Å². The second-order valence-electron chi connectivity index (χ2n) is 3.73. The summed E-state index contributed by atoms with van der Waals surface area (Å²) >= 11 is 0. The Hall–Kier alpha value is -2.48. The van der Waals surface area contributed by atoms with Crippen molar-refractivity contribution < 1.29 is 28.2 Å². The Morgan fingerprint density at radius 3 is 2.90 bits per heavy atom. The highest BCUT2D eigenvalue weighted by Crippen LogP contribution is 2.25. The molecule has 106 valence electrons. The molecule has 1 N–H and O–H groups in total. The van der Waals surface area contributed by atoms with Crippen molar-refractivity contribution in [2.45, 2.75) is 6.61 Å². The fraction of sp³-hybridized carbons (Fsp3) is 0.250. The number of aliphatic carboxylic acids is 1.